The molecule has 0 saturated heterocycles. The molecule has 0 atom stereocenters. The maximum absolute atomic E-state index is 12.4. The van der Waals surface area contributed by atoms with E-state index in [2.05, 4.69) is 15.3 Å². The number of thiophene rings is 1. The molecule has 0 aliphatic rings. The Balaban J connectivity index is 1.42. The highest BCUT2D eigenvalue weighted by Crippen LogP contribution is 2.33. The molecule has 3 aromatic heterocycles. The fourth-order valence-electron chi connectivity index (χ4n) is 2.69. The van der Waals surface area contributed by atoms with Crippen LogP contribution in [-0.2, 0) is 11.2 Å². The van der Waals surface area contributed by atoms with Gasteiger partial charge >= 0.3 is 0 Å². The lowest BCUT2D eigenvalue weighted by Crippen LogP contribution is -2.14. The molecule has 1 amide bonds. The highest BCUT2D eigenvalue weighted by Gasteiger charge is 2.13. The molecule has 0 unspecified atom stereocenters. The minimum Gasteiger partial charge on any atom is -0.493 e. The highest BCUT2D eigenvalue weighted by atomic mass is 32.1. The summed E-state index contributed by atoms with van der Waals surface area (Å²) in [7, 11) is 3.19. The minimum atomic E-state index is -0.139. The van der Waals surface area contributed by atoms with Crippen molar-refractivity contribution in [3.8, 4) is 33.3 Å². The van der Waals surface area contributed by atoms with Crippen LogP contribution in [0.3, 0.4) is 0 Å². The molecule has 1 aromatic carbocycles. The number of aromatic nitrogens is 2. The molecule has 0 radical (unpaired) electrons. The average molecular weight is 444 g/mol. The topological polar surface area (TPSA) is 73.3 Å². The molecule has 6 nitrogen and oxygen atoms in total. The Morgan fingerprint density at radius 1 is 1.00 bits per heavy atom. The van der Waals surface area contributed by atoms with E-state index in [1.807, 2.05) is 45.8 Å². The van der Waals surface area contributed by atoms with Crippen LogP contribution in [-0.4, -0.2) is 30.1 Å². The molecule has 148 valence electrons. The first kappa shape index (κ1) is 19.6. The summed E-state index contributed by atoms with van der Waals surface area (Å²) in [6, 6.07) is 7.63. The van der Waals surface area contributed by atoms with Gasteiger partial charge in [-0.15, -0.1) is 22.7 Å². The monoisotopic (exact) mass is 443 g/mol. The minimum absolute atomic E-state index is 0.139. The van der Waals surface area contributed by atoms with Crippen LogP contribution < -0.4 is 14.8 Å². The summed E-state index contributed by atoms with van der Waals surface area (Å²) in [6.07, 6.45) is 0.214. The van der Waals surface area contributed by atoms with Gasteiger partial charge in [-0.05, 0) is 29.6 Å². The number of nitrogens with one attached hydrogen (secondary N) is 1. The SMILES string of the molecule is COc1ccc(-c2csc(NC(=O)Cc3csc(-c4ccsc4)n3)n2)cc1OC. The first-order valence-electron chi connectivity index (χ1n) is 8.61. The van der Waals surface area contributed by atoms with Crippen LogP contribution in [0.2, 0.25) is 0 Å². The van der Waals surface area contributed by atoms with Gasteiger partial charge in [-0.3, -0.25) is 4.79 Å². The van der Waals surface area contributed by atoms with Crippen molar-refractivity contribution in [3.05, 3.63) is 51.5 Å². The number of rotatable bonds is 7. The molecule has 0 aliphatic carbocycles. The molecule has 29 heavy (non-hydrogen) atoms. The number of methoxy groups -OCH3 is 2. The summed E-state index contributed by atoms with van der Waals surface area (Å²) in [5.41, 5.74) is 3.50. The van der Waals surface area contributed by atoms with Crippen LogP contribution in [0.25, 0.3) is 21.8 Å². The summed E-state index contributed by atoms with van der Waals surface area (Å²) in [4.78, 5) is 21.4. The van der Waals surface area contributed by atoms with E-state index < -0.39 is 0 Å². The van der Waals surface area contributed by atoms with Gasteiger partial charge < -0.3 is 14.8 Å². The second-order valence-corrected chi connectivity index (χ2v) is 8.48. The van der Waals surface area contributed by atoms with Crippen molar-refractivity contribution in [2.45, 2.75) is 6.42 Å². The number of benzene rings is 1. The Morgan fingerprint density at radius 2 is 1.86 bits per heavy atom. The summed E-state index contributed by atoms with van der Waals surface area (Å²) >= 11 is 4.55. The molecular formula is C20H17N3O3S3. The number of thiazole rings is 2. The Labute approximate surface area is 179 Å². The number of carbonyl (C=O) groups is 1. The van der Waals surface area contributed by atoms with Gasteiger partial charge in [0.05, 0.1) is 32.0 Å². The number of anilines is 1. The fraction of sp³-hybridized carbons (Fsp3) is 0.150. The largest absolute Gasteiger partial charge is 0.493 e. The van der Waals surface area contributed by atoms with Crippen LogP contribution >= 0.6 is 34.0 Å². The highest BCUT2D eigenvalue weighted by molar-refractivity contribution is 7.14. The summed E-state index contributed by atoms with van der Waals surface area (Å²) in [6.45, 7) is 0. The summed E-state index contributed by atoms with van der Waals surface area (Å²) in [5.74, 6) is 1.15. The molecule has 4 rings (SSSR count). The third kappa shape index (κ3) is 4.47. The van der Waals surface area contributed by atoms with Crippen LogP contribution in [0.15, 0.2) is 45.8 Å². The molecule has 0 aliphatic heterocycles. The lowest BCUT2D eigenvalue weighted by Gasteiger charge is -2.08. The van der Waals surface area contributed by atoms with Crippen molar-refractivity contribution in [1.29, 1.82) is 0 Å². The van der Waals surface area contributed by atoms with Gasteiger partial charge in [0, 0.05) is 27.3 Å². The second kappa shape index (κ2) is 8.73. The van der Waals surface area contributed by atoms with Crippen molar-refractivity contribution in [1.82, 2.24) is 9.97 Å². The van der Waals surface area contributed by atoms with Gasteiger partial charge in [0.2, 0.25) is 5.91 Å². The average Bonchev–Trinajstić information content (AvgIpc) is 3.49. The number of ether oxygens (including phenoxy) is 2. The third-order valence-corrected chi connectivity index (χ3v) is 6.47. The van der Waals surface area contributed by atoms with Crippen molar-refractivity contribution >= 4 is 45.0 Å². The Morgan fingerprint density at radius 3 is 2.62 bits per heavy atom. The molecule has 0 spiro atoms. The Kier molecular flexibility index (Phi) is 5.89. The van der Waals surface area contributed by atoms with E-state index in [9.17, 15) is 4.79 Å². The standard InChI is InChI=1S/C20H17N3O3S3/c1-25-16-4-3-12(7-17(16)26-2)15-11-29-20(22-15)23-18(24)8-14-10-28-19(21-14)13-5-6-27-9-13/h3-7,9-11H,8H2,1-2H3,(H,22,23,24). The second-order valence-electron chi connectivity index (χ2n) is 5.99. The molecule has 0 bridgehead atoms. The van der Waals surface area contributed by atoms with E-state index in [4.69, 9.17) is 9.47 Å². The van der Waals surface area contributed by atoms with Crippen molar-refractivity contribution < 1.29 is 14.3 Å². The number of carbonyl (C=O) groups excluding carboxylic acids is 1. The van der Waals surface area contributed by atoms with E-state index in [0.717, 1.165) is 27.5 Å². The van der Waals surface area contributed by atoms with Gasteiger partial charge in [-0.1, -0.05) is 0 Å². The molecule has 0 fully saturated rings. The van der Waals surface area contributed by atoms with E-state index in [0.29, 0.717) is 16.6 Å². The molecule has 0 saturated carbocycles. The molecule has 4 aromatic rings. The van der Waals surface area contributed by atoms with E-state index in [1.165, 1.54) is 11.3 Å². The quantitative estimate of drug-likeness (QED) is 0.425. The predicted molar refractivity (Wildman–Crippen MR) is 118 cm³/mol. The number of hydrogen-bond donors (Lipinski definition) is 1. The molecule has 9 heteroatoms. The molecular weight excluding hydrogens is 426 g/mol. The van der Waals surface area contributed by atoms with E-state index >= 15 is 0 Å². The zero-order valence-corrected chi connectivity index (χ0v) is 18.1. The molecule has 1 N–H and O–H groups in total. The Bertz CT molecular complexity index is 1120. The fourth-order valence-corrected chi connectivity index (χ4v) is 4.96. The van der Waals surface area contributed by atoms with Crippen molar-refractivity contribution in [2.75, 3.05) is 19.5 Å². The van der Waals surface area contributed by atoms with Crippen LogP contribution in [0.1, 0.15) is 5.69 Å². The zero-order valence-electron chi connectivity index (χ0n) is 15.7. The number of nitrogens with zero attached hydrogens (tertiary/aromatic N) is 2. The number of hydrogen-bond acceptors (Lipinski definition) is 8. The van der Waals surface area contributed by atoms with Gasteiger partial charge in [-0.25, -0.2) is 9.97 Å². The predicted octanol–water partition coefficient (Wildman–Crippen LogP) is 5.19. The lowest BCUT2D eigenvalue weighted by atomic mass is 10.1. The smallest absolute Gasteiger partial charge is 0.232 e. The first-order chi connectivity index (χ1) is 14.2. The zero-order chi connectivity index (χ0) is 20.2. The van der Waals surface area contributed by atoms with Gasteiger partial charge in [0.25, 0.3) is 0 Å². The normalized spacial score (nSPS) is 10.7. The van der Waals surface area contributed by atoms with Gasteiger partial charge in [-0.2, -0.15) is 11.3 Å². The van der Waals surface area contributed by atoms with Crippen LogP contribution in [0.5, 0.6) is 11.5 Å². The Hall–Kier alpha value is -2.75. The van der Waals surface area contributed by atoms with Gasteiger partial charge in [0.15, 0.2) is 16.6 Å². The van der Waals surface area contributed by atoms with Crippen molar-refractivity contribution in [2.24, 2.45) is 0 Å². The number of amides is 1. The first-order valence-corrected chi connectivity index (χ1v) is 11.3. The molecule has 3 heterocycles. The van der Waals surface area contributed by atoms with Crippen LogP contribution in [0.4, 0.5) is 5.13 Å². The summed E-state index contributed by atoms with van der Waals surface area (Å²) in [5, 5.41) is 12.2. The van der Waals surface area contributed by atoms with E-state index in [-0.39, 0.29) is 12.3 Å². The third-order valence-electron chi connectivity index (χ3n) is 4.09. The van der Waals surface area contributed by atoms with Crippen LogP contribution in [0, 0.1) is 0 Å². The lowest BCUT2D eigenvalue weighted by molar-refractivity contribution is -0.115. The van der Waals surface area contributed by atoms with E-state index in [1.54, 1.807) is 36.9 Å². The van der Waals surface area contributed by atoms with Gasteiger partial charge in [0.1, 0.15) is 5.01 Å². The maximum atomic E-state index is 12.4. The van der Waals surface area contributed by atoms with Crippen molar-refractivity contribution in [3.63, 3.8) is 0 Å². The maximum Gasteiger partial charge on any atom is 0.232 e. The summed E-state index contributed by atoms with van der Waals surface area (Å²) < 4.78 is 10.6.